The first-order valence-corrected chi connectivity index (χ1v) is 13.0. The average molecular weight is 559 g/mol. The van der Waals surface area contributed by atoms with Gasteiger partial charge in [-0.2, -0.15) is 18.2 Å². The van der Waals surface area contributed by atoms with E-state index in [-0.39, 0.29) is 36.0 Å². The quantitative estimate of drug-likeness (QED) is 0.497. The number of aromatic nitrogens is 1. The van der Waals surface area contributed by atoms with Crippen LogP contribution in [0.5, 0.6) is 5.88 Å². The molecule has 4 aliphatic heterocycles. The Labute approximate surface area is 228 Å². The summed E-state index contributed by atoms with van der Waals surface area (Å²) in [5.74, 6) is -0.467. The Bertz CT molecular complexity index is 1380. The van der Waals surface area contributed by atoms with E-state index in [9.17, 15) is 18.0 Å². The van der Waals surface area contributed by atoms with Gasteiger partial charge in [0.1, 0.15) is 24.3 Å². The molecule has 1 amide bonds. The maximum atomic E-state index is 13.9. The fraction of sp³-hybridized carbons (Fsp3) is 0.444. The molecule has 3 atom stereocenters. The van der Waals surface area contributed by atoms with Crippen LogP contribution in [-0.2, 0) is 26.1 Å². The number of pyridine rings is 1. The third-order valence-corrected chi connectivity index (χ3v) is 7.21. The lowest BCUT2D eigenvalue weighted by atomic mass is 9.95. The Kier molecular flexibility index (Phi) is 6.37. The number of nitrogens with zero attached hydrogens (tertiary/aromatic N) is 3. The first-order valence-electron chi connectivity index (χ1n) is 13.0. The van der Waals surface area contributed by atoms with Crippen LogP contribution in [0.3, 0.4) is 0 Å². The lowest BCUT2D eigenvalue weighted by molar-refractivity contribution is -0.141. The zero-order chi connectivity index (χ0) is 28.1. The summed E-state index contributed by atoms with van der Waals surface area (Å²) in [6.07, 6.45) is -2.44. The number of aliphatic imine (C=N–C) groups is 1. The highest BCUT2D eigenvalue weighted by Gasteiger charge is 2.47. The van der Waals surface area contributed by atoms with Gasteiger partial charge in [-0.3, -0.25) is 4.79 Å². The van der Waals surface area contributed by atoms with Crippen LogP contribution in [0, 0.1) is 0 Å². The van der Waals surface area contributed by atoms with E-state index >= 15 is 0 Å². The number of allylic oxidation sites excluding steroid dienone is 1. The van der Waals surface area contributed by atoms with Crippen molar-refractivity contribution in [3.05, 3.63) is 65.1 Å². The predicted octanol–water partition coefficient (Wildman–Crippen LogP) is 2.94. The zero-order valence-corrected chi connectivity index (χ0v) is 21.9. The molecule has 6 rings (SSSR count). The number of hydrogen-bond donors (Lipinski definition) is 3. The second-order valence-electron chi connectivity index (χ2n) is 10.6. The number of nitrogens with one attached hydrogen (secondary N) is 3. The molecule has 2 bridgehead atoms. The van der Waals surface area contributed by atoms with E-state index in [1.165, 1.54) is 12.1 Å². The fourth-order valence-electron chi connectivity index (χ4n) is 5.26. The van der Waals surface area contributed by atoms with E-state index in [0.29, 0.717) is 12.4 Å². The highest BCUT2D eigenvalue weighted by Crippen LogP contribution is 2.36. The molecule has 2 saturated heterocycles. The SMILES string of the molecule is CC1(C)OC[C@H](COc2cccc(NC(=O)C3(c4cccc(C(F)(F)F)c4)N=CC4=C(N[C@H]5CCN4C5)N3)n2)O1. The van der Waals surface area contributed by atoms with Crippen LogP contribution in [0.2, 0.25) is 0 Å². The Morgan fingerprint density at radius 2 is 2.08 bits per heavy atom. The van der Waals surface area contributed by atoms with Crippen molar-refractivity contribution in [3.63, 3.8) is 0 Å². The van der Waals surface area contributed by atoms with Gasteiger partial charge in [0, 0.05) is 30.8 Å². The van der Waals surface area contributed by atoms with Crippen molar-refractivity contribution in [1.29, 1.82) is 0 Å². The van der Waals surface area contributed by atoms with Crippen LogP contribution < -0.4 is 20.7 Å². The van der Waals surface area contributed by atoms with Crippen molar-refractivity contribution in [2.45, 2.75) is 50.0 Å². The van der Waals surface area contributed by atoms with Gasteiger partial charge in [0.05, 0.1) is 24.1 Å². The molecule has 3 N–H and O–H groups in total. The maximum Gasteiger partial charge on any atom is 0.416 e. The molecule has 1 aromatic carbocycles. The molecule has 212 valence electrons. The van der Waals surface area contributed by atoms with Gasteiger partial charge in [-0.05, 0) is 38.5 Å². The van der Waals surface area contributed by atoms with Crippen LogP contribution >= 0.6 is 0 Å². The van der Waals surface area contributed by atoms with Gasteiger partial charge < -0.3 is 35.1 Å². The molecule has 0 radical (unpaired) electrons. The van der Waals surface area contributed by atoms with Gasteiger partial charge in [0.2, 0.25) is 11.5 Å². The molecule has 2 aromatic rings. The molecule has 2 fully saturated rings. The van der Waals surface area contributed by atoms with Gasteiger partial charge in [-0.25, -0.2) is 4.99 Å². The Balaban J connectivity index is 1.27. The summed E-state index contributed by atoms with van der Waals surface area (Å²) in [5, 5.41) is 9.21. The molecule has 1 aromatic heterocycles. The molecule has 0 spiro atoms. The van der Waals surface area contributed by atoms with Gasteiger partial charge in [0.25, 0.3) is 5.91 Å². The van der Waals surface area contributed by atoms with Crippen LogP contribution in [0.1, 0.15) is 31.4 Å². The predicted molar refractivity (Wildman–Crippen MR) is 138 cm³/mol. The summed E-state index contributed by atoms with van der Waals surface area (Å²) < 4.78 is 57.9. The first kappa shape index (κ1) is 26.4. The number of fused-ring (bicyclic) bond motifs is 3. The Morgan fingerprint density at radius 1 is 1.25 bits per heavy atom. The number of carbonyl (C=O) groups excluding carboxylic acids is 1. The van der Waals surface area contributed by atoms with Crippen molar-refractivity contribution in [2.24, 2.45) is 4.99 Å². The number of halogens is 3. The fourth-order valence-corrected chi connectivity index (χ4v) is 5.26. The lowest BCUT2D eigenvalue weighted by Gasteiger charge is -2.40. The lowest BCUT2D eigenvalue weighted by Crippen LogP contribution is -2.57. The number of ether oxygens (including phenoxy) is 3. The van der Waals surface area contributed by atoms with Crippen LogP contribution in [0.4, 0.5) is 19.0 Å². The first-order chi connectivity index (χ1) is 19.0. The van der Waals surface area contributed by atoms with Gasteiger partial charge in [-0.1, -0.05) is 18.2 Å². The summed E-state index contributed by atoms with van der Waals surface area (Å²) in [4.78, 5) is 24.9. The smallest absolute Gasteiger partial charge is 0.416 e. The van der Waals surface area contributed by atoms with E-state index in [1.54, 1.807) is 24.4 Å². The molecule has 4 aliphatic rings. The standard InChI is InChI=1S/C27H29F3N6O4/c1-25(2)39-15-19(40-25)14-38-22-8-4-7-21(33-22)34-24(37)26(16-5-3-6-17(11-16)27(28,29)30)31-12-20-23(35-26)32-18-9-10-36(20)13-18/h3-8,11-12,18-19,32,35H,9-10,13-15H2,1-2H3,(H,33,34,37)/t18-,19-,26?/m0/s1. The molecule has 13 heteroatoms. The monoisotopic (exact) mass is 558 g/mol. The van der Waals surface area contributed by atoms with E-state index in [1.807, 2.05) is 13.8 Å². The van der Waals surface area contributed by atoms with Gasteiger partial charge >= 0.3 is 6.18 Å². The summed E-state index contributed by atoms with van der Waals surface area (Å²) in [6.45, 7) is 5.80. The molecule has 5 heterocycles. The number of rotatable bonds is 6. The van der Waals surface area contributed by atoms with Crippen molar-refractivity contribution in [2.75, 3.05) is 31.6 Å². The normalized spacial score (nSPS) is 26.7. The number of hydrogen-bond acceptors (Lipinski definition) is 9. The molecular formula is C27H29F3N6O4. The Hall–Kier alpha value is -3.84. The van der Waals surface area contributed by atoms with Crippen LogP contribution in [0.25, 0.3) is 0 Å². The summed E-state index contributed by atoms with van der Waals surface area (Å²) in [7, 11) is 0. The van der Waals surface area contributed by atoms with E-state index in [4.69, 9.17) is 14.2 Å². The molecule has 10 nitrogen and oxygen atoms in total. The zero-order valence-electron chi connectivity index (χ0n) is 21.9. The topological polar surface area (TPSA) is 109 Å². The highest BCUT2D eigenvalue weighted by atomic mass is 19.4. The number of alkyl halides is 3. The van der Waals surface area contributed by atoms with Crippen molar-refractivity contribution in [3.8, 4) is 5.88 Å². The Morgan fingerprint density at radius 3 is 2.85 bits per heavy atom. The minimum absolute atomic E-state index is 0.0331. The summed E-state index contributed by atoms with van der Waals surface area (Å²) in [6, 6.07) is 9.60. The van der Waals surface area contributed by atoms with Crippen LogP contribution in [0.15, 0.2) is 59.0 Å². The minimum atomic E-state index is -4.60. The van der Waals surface area contributed by atoms with E-state index in [2.05, 4.69) is 30.8 Å². The summed E-state index contributed by atoms with van der Waals surface area (Å²) >= 11 is 0. The van der Waals surface area contributed by atoms with E-state index in [0.717, 1.165) is 37.3 Å². The van der Waals surface area contributed by atoms with Crippen molar-refractivity contribution >= 4 is 17.9 Å². The highest BCUT2D eigenvalue weighted by molar-refractivity contribution is 6.00. The van der Waals surface area contributed by atoms with Crippen molar-refractivity contribution < 1.29 is 32.2 Å². The summed E-state index contributed by atoms with van der Waals surface area (Å²) in [5.41, 5.74) is -1.97. The molecular weight excluding hydrogens is 529 g/mol. The van der Waals surface area contributed by atoms with Gasteiger partial charge in [0.15, 0.2) is 5.79 Å². The minimum Gasteiger partial charge on any atom is -0.475 e. The van der Waals surface area contributed by atoms with Crippen LogP contribution in [-0.4, -0.2) is 66.2 Å². The second-order valence-corrected chi connectivity index (χ2v) is 10.6. The second kappa shape index (κ2) is 9.66. The molecule has 1 unspecified atom stereocenters. The largest absolute Gasteiger partial charge is 0.475 e. The van der Waals surface area contributed by atoms with Gasteiger partial charge in [-0.15, -0.1) is 0 Å². The molecule has 0 saturated carbocycles. The van der Waals surface area contributed by atoms with E-state index < -0.39 is 29.1 Å². The average Bonchev–Trinajstić information content (AvgIpc) is 3.48. The number of benzene rings is 1. The van der Waals surface area contributed by atoms with Crippen molar-refractivity contribution in [1.82, 2.24) is 20.5 Å². The number of carbonyl (C=O) groups is 1. The molecule has 0 aliphatic carbocycles. The maximum absolute atomic E-state index is 13.9. The molecule has 40 heavy (non-hydrogen) atoms. The third kappa shape index (κ3) is 5.06. The third-order valence-electron chi connectivity index (χ3n) is 7.21. The number of anilines is 1. The number of amides is 1.